The van der Waals surface area contributed by atoms with Gasteiger partial charge in [0.1, 0.15) is 0 Å². The summed E-state index contributed by atoms with van der Waals surface area (Å²) >= 11 is 0. The summed E-state index contributed by atoms with van der Waals surface area (Å²) in [7, 11) is 0. The standard InChI is InChI=1S/C18H22/c1-16(2)17(3)12-8-5-4-6-9-13-18-14-10-7-11-15-18/h4-11,13-15H,12H2,1-3H3/b6-4+,8-5+,13-9+. The lowest BCUT2D eigenvalue weighted by Crippen LogP contribution is -1.76. The molecule has 0 fully saturated rings. The van der Waals surface area contributed by atoms with Crippen LogP contribution in [0.5, 0.6) is 0 Å². The van der Waals surface area contributed by atoms with Gasteiger partial charge in [0, 0.05) is 0 Å². The van der Waals surface area contributed by atoms with Crippen molar-refractivity contribution in [2.75, 3.05) is 0 Å². The van der Waals surface area contributed by atoms with Crippen molar-refractivity contribution in [3.8, 4) is 0 Å². The molecule has 0 heterocycles. The highest BCUT2D eigenvalue weighted by atomic mass is 13.9. The topological polar surface area (TPSA) is 0 Å². The number of benzene rings is 1. The van der Waals surface area contributed by atoms with Gasteiger partial charge in [-0.15, -0.1) is 0 Å². The van der Waals surface area contributed by atoms with E-state index in [1.165, 1.54) is 16.7 Å². The average Bonchev–Trinajstić information content (AvgIpc) is 2.38. The summed E-state index contributed by atoms with van der Waals surface area (Å²) in [6.07, 6.45) is 13.6. The van der Waals surface area contributed by atoms with Crippen molar-refractivity contribution in [1.29, 1.82) is 0 Å². The summed E-state index contributed by atoms with van der Waals surface area (Å²) in [5.74, 6) is 0. The molecule has 1 aromatic rings. The van der Waals surface area contributed by atoms with Gasteiger partial charge in [0.2, 0.25) is 0 Å². The largest absolute Gasteiger partial charge is 0.0805 e. The Bertz CT molecular complexity index is 452. The van der Waals surface area contributed by atoms with Crippen molar-refractivity contribution in [2.24, 2.45) is 0 Å². The molecule has 94 valence electrons. The fourth-order valence-corrected chi connectivity index (χ4v) is 1.39. The zero-order valence-corrected chi connectivity index (χ0v) is 11.6. The lowest BCUT2D eigenvalue weighted by atomic mass is 10.1. The molecule has 18 heavy (non-hydrogen) atoms. The fourth-order valence-electron chi connectivity index (χ4n) is 1.39. The zero-order chi connectivity index (χ0) is 13.2. The zero-order valence-electron chi connectivity index (χ0n) is 11.6. The lowest BCUT2D eigenvalue weighted by molar-refractivity contribution is 1.13. The van der Waals surface area contributed by atoms with Gasteiger partial charge in [0.05, 0.1) is 0 Å². The molecule has 0 aromatic heterocycles. The molecule has 0 spiro atoms. The van der Waals surface area contributed by atoms with Gasteiger partial charge in [-0.3, -0.25) is 0 Å². The van der Waals surface area contributed by atoms with Gasteiger partial charge in [-0.2, -0.15) is 0 Å². The summed E-state index contributed by atoms with van der Waals surface area (Å²) in [4.78, 5) is 0. The van der Waals surface area contributed by atoms with E-state index < -0.39 is 0 Å². The first kappa shape index (κ1) is 14.2. The van der Waals surface area contributed by atoms with Gasteiger partial charge < -0.3 is 0 Å². The van der Waals surface area contributed by atoms with Gasteiger partial charge in [-0.1, -0.05) is 77.9 Å². The molecule has 0 aliphatic heterocycles. The smallest absolute Gasteiger partial charge is 0.0136 e. The Morgan fingerprint density at radius 1 is 0.889 bits per heavy atom. The second-order valence-corrected chi connectivity index (χ2v) is 4.57. The van der Waals surface area contributed by atoms with Crippen LogP contribution in [0, 0.1) is 0 Å². The Balaban J connectivity index is 2.36. The molecule has 1 rings (SSSR count). The van der Waals surface area contributed by atoms with Gasteiger partial charge in [-0.25, -0.2) is 0 Å². The van der Waals surface area contributed by atoms with Crippen LogP contribution in [0.1, 0.15) is 32.8 Å². The van der Waals surface area contributed by atoms with Crippen LogP contribution in [0.4, 0.5) is 0 Å². The van der Waals surface area contributed by atoms with Crippen LogP contribution < -0.4 is 0 Å². The predicted octanol–water partition coefficient (Wildman–Crippen LogP) is 5.56. The minimum absolute atomic E-state index is 1.04. The van der Waals surface area contributed by atoms with Crippen LogP contribution in [-0.2, 0) is 0 Å². The fraction of sp³-hybridized carbons (Fsp3) is 0.222. The average molecular weight is 238 g/mol. The minimum Gasteiger partial charge on any atom is -0.0805 e. The maximum atomic E-state index is 2.19. The van der Waals surface area contributed by atoms with Crippen LogP contribution in [0.3, 0.4) is 0 Å². The summed E-state index contributed by atoms with van der Waals surface area (Å²) < 4.78 is 0. The molecular weight excluding hydrogens is 216 g/mol. The lowest BCUT2D eigenvalue weighted by Gasteiger charge is -1.96. The first-order valence-corrected chi connectivity index (χ1v) is 6.38. The van der Waals surface area contributed by atoms with E-state index in [-0.39, 0.29) is 0 Å². The maximum absolute atomic E-state index is 2.19. The van der Waals surface area contributed by atoms with Gasteiger partial charge in [0.15, 0.2) is 0 Å². The minimum atomic E-state index is 1.04. The molecular formula is C18H22. The first-order chi connectivity index (χ1) is 8.70. The van der Waals surface area contributed by atoms with Crippen molar-refractivity contribution in [3.05, 3.63) is 77.4 Å². The van der Waals surface area contributed by atoms with Gasteiger partial charge in [0.25, 0.3) is 0 Å². The number of hydrogen-bond acceptors (Lipinski definition) is 0. The third kappa shape index (κ3) is 6.05. The van der Waals surface area contributed by atoms with Crippen LogP contribution in [0.2, 0.25) is 0 Å². The number of allylic oxidation sites excluding steroid dienone is 7. The Morgan fingerprint density at radius 3 is 2.22 bits per heavy atom. The molecule has 0 N–H and O–H groups in total. The third-order valence-corrected chi connectivity index (χ3v) is 2.84. The number of rotatable bonds is 5. The van der Waals surface area contributed by atoms with E-state index in [4.69, 9.17) is 0 Å². The van der Waals surface area contributed by atoms with Crippen molar-refractivity contribution in [3.63, 3.8) is 0 Å². The molecule has 0 aliphatic carbocycles. The van der Waals surface area contributed by atoms with Crippen LogP contribution in [0.15, 0.2) is 71.9 Å². The third-order valence-electron chi connectivity index (χ3n) is 2.84. The Hall–Kier alpha value is -1.82. The number of hydrogen-bond donors (Lipinski definition) is 0. The highest BCUT2D eigenvalue weighted by Gasteiger charge is 1.86. The molecule has 1 aromatic carbocycles. The summed E-state index contributed by atoms with van der Waals surface area (Å²) in [6.45, 7) is 6.49. The van der Waals surface area contributed by atoms with E-state index >= 15 is 0 Å². The summed E-state index contributed by atoms with van der Waals surface area (Å²) in [5, 5.41) is 0. The molecule has 0 unspecified atom stereocenters. The van der Waals surface area contributed by atoms with Crippen molar-refractivity contribution in [2.45, 2.75) is 27.2 Å². The summed E-state index contributed by atoms with van der Waals surface area (Å²) in [6, 6.07) is 10.3. The maximum Gasteiger partial charge on any atom is -0.0136 e. The van der Waals surface area contributed by atoms with Crippen LogP contribution >= 0.6 is 0 Å². The van der Waals surface area contributed by atoms with Crippen molar-refractivity contribution in [1.82, 2.24) is 0 Å². The SMILES string of the molecule is CC(C)=C(C)C/C=C/C=C/C=C/c1ccccc1. The highest BCUT2D eigenvalue weighted by molar-refractivity contribution is 5.50. The quantitative estimate of drug-likeness (QED) is 0.465. The molecule has 0 saturated heterocycles. The molecule has 0 nitrogen and oxygen atoms in total. The Morgan fingerprint density at radius 2 is 1.56 bits per heavy atom. The second kappa shape index (κ2) is 8.30. The van der Waals surface area contributed by atoms with Gasteiger partial charge in [-0.05, 0) is 32.8 Å². The normalized spacial score (nSPS) is 11.7. The molecule has 0 amide bonds. The first-order valence-electron chi connectivity index (χ1n) is 6.38. The van der Waals surface area contributed by atoms with E-state index in [2.05, 4.69) is 69.4 Å². The summed E-state index contributed by atoms with van der Waals surface area (Å²) in [5.41, 5.74) is 4.08. The van der Waals surface area contributed by atoms with Crippen molar-refractivity contribution < 1.29 is 0 Å². The van der Waals surface area contributed by atoms with Crippen LogP contribution in [0.25, 0.3) is 6.08 Å². The predicted molar refractivity (Wildman–Crippen MR) is 82.4 cm³/mol. The van der Waals surface area contributed by atoms with E-state index in [0.717, 1.165) is 6.42 Å². The second-order valence-electron chi connectivity index (χ2n) is 4.57. The van der Waals surface area contributed by atoms with Crippen LogP contribution in [-0.4, -0.2) is 0 Å². The highest BCUT2D eigenvalue weighted by Crippen LogP contribution is 2.07. The molecule has 0 heteroatoms. The Labute approximate surface area is 111 Å². The molecule has 0 aliphatic rings. The molecule has 0 atom stereocenters. The van der Waals surface area contributed by atoms with Crippen molar-refractivity contribution >= 4 is 6.08 Å². The van der Waals surface area contributed by atoms with E-state index in [1.807, 2.05) is 18.2 Å². The molecule has 0 bridgehead atoms. The molecule has 0 radical (unpaired) electrons. The van der Waals surface area contributed by atoms with E-state index in [9.17, 15) is 0 Å². The van der Waals surface area contributed by atoms with Gasteiger partial charge >= 0.3 is 0 Å². The monoisotopic (exact) mass is 238 g/mol. The Kier molecular flexibility index (Phi) is 6.56. The van der Waals surface area contributed by atoms with E-state index in [0.29, 0.717) is 0 Å². The van der Waals surface area contributed by atoms with E-state index in [1.54, 1.807) is 0 Å². The molecule has 0 saturated carbocycles.